The first-order valence-electron chi connectivity index (χ1n) is 5.36. The fourth-order valence-corrected chi connectivity index (χ4v) is 3.55. The van der Waals surface area contributed by atoms with E-state index in [1.165, 1.54) is 0 Å². The number of rotatable bonds is 4. The number of hydrogen-bond donors (Lipinski definition) is 1. The lowest BCUT2D eigenvalue weighted by Gasteiger charge is -2.10. The van der Waals surface area contributed by atoms with Crippen LogP contribution >= 0.6 is 0 Å². The summed E-state index contributed by atoms with van der Waals surface area (Å²) in [5.74, 6) is 0.867. The van der Waals surface area contributed by atoms with Crippen LogP contribution < -0.4 is 5.32 Å². The molecule has 0 saturated carbocycles. The molecule has 1 unspecified atom stereocenters. The van der Waals surface area contributed by atoms with E-state index in [-0.39, 0.29) is 23.3 Å². The number of carbonyl (C=O) groups excluding carboxylic acids is 1. The SMILES string of the molecule is CC(C)CNC(=O)CC1CCS(=O)(=O)C1. The Balaban J connectivity index is 2.28. The summed E-state index contributed by atoms with van der Waals surface area (Å²) in [6.07, 6.45) is 0.989. The topological polar surface area (TPSA) is 63.2 Å². The van der Waals surface area contributed by atoms with Crippen molar-refractivity contribution < 1.29 is 13.2 Å². The van der Waals surface area contributed by atoms with E-state index in [1.54, 1.807) is 0 Å². The highest BCUT2D eigenvalue weighted by Gasteiger charge is 2.29. The third kappa shape index (κ3) is 4.64. The third-order valence-corrected chi connectivity index (χ3v) is 4.35. The van der Waals surface area contributed by atoms with Crippen LogP contribution in [0.5, 0.6) is 0 Å². The molecular formula is C10H19NO3S. The highest BCUT2D eigenvalue weighted by atomic mass is 32.2. The van der Waals surface area contributed by atoms with Gasteiger partial charge < -0.3 is 5.32 Å². The quantitative estimate of drug-likeness (QED) is 0.772. The Morgan fingerprint density at radius 2 is 2.13 bits per heavy atom. The van der Waals surface area contributed by atoms with E-state index in [4.69, 9.17) is 0 Å². The molecule has 0 bridgehead atoms. The molecule has 0 aliphatic carbocycles. The van der Waals surface area contributed by atoms with Crippen molar-refractivity contribution in [3.63, 3.8) is 0 Å². The van der Waals surface area contributed by atoms with E-state index < -0.39 is 9.84 Å². The van der Waals surface area contributed by atoms with Crippen molar-refractivity contribution in [3.05, 3.63) is 0 Å². The minimum absolute atomic E-state index is 0.0224. The smallest absolute Gasteiger partial charge is 0.220 e. The molecule has 5 heteroatoms. The van der Waals surface area contributed by atoms with E-state index in [0.717, 1.165) is 0 Å². The van der Waals surface area contributed by atoms with E-state index in [9.17, 15) is 13.2 Å². The standard InChI is InChI=1S/C10H19NO3S/c1-8(2)6-11-10(12)5-9-3-4-15(13,14)7-9/h8-9H,3-7H2,1-2H3,(H,11,12). The van der Waals surface area contributed by atoms with E-state index in [1.807, 2.05) is 13.8 Å². The van der Waals surface area contributed by atoms with E-state index in [0.29, 0.717) is 25.3 Å². The van der Waals surface area contributed by atoms with Gasteiger partial charge in [0.2, 0.25) is 5.91 Å². The van der Waals surface area contributed by atoms with Gasteiger partial charge in [-0.05, 0) is 18.3 Å². The van der Waals surface area contributed by atoms with Crippen LogP contribution in [0.4, 0.5) is 0 Å². The fraction of sp³-hybridized carbons (Fsp3) is 0.900. The largest absolute Gasteiger partial charge is 0.356 e. The van der Waals surface area contributed by atoms with Crippen LogP contribution in [0.15, 0.2) is 0 Å². The zero-order valence-electron chi connectivity index (χ0n) is 9.32. The van der Waals surface area contributed by atoms with Gasteiger partial charge in [-0.15, -0.1) is 0 Å². The molecule has 1 N–H and O–H groups in total. The molecule has 0 aromatic rings. The molecule has 15 heavy (non-hydrogen) atoms. The van der Waals surface area contributed by atoms with Crippen molar-refractivity contribution in [1.29, 1.82) is 0 Å². The molecule has 0 spiro atoms. The van der Waals surface area contributed by atoms with Crippen molar-refractivity contribution in [2.45, 2.75) is 26.7 Å². The minimum atomic E-state index is -2.85. The maximum Gasteiger partial charge on any atom is 0.220 e. The first kappa shape index (κ1) is 12.5. The van der Waals surface area contributed by atoms with Gasteiger partial charge in [0.15, 0.2) is 9.84 Å². The van der Waals surface area contributed by atoms with Gasteiger partial charge >= 0.3 is 0 Å². The molecule has 1 aliphatic rings. The molecule has 1 amide bonds. The summed E-state index contributed by atoms with van der Waals surface area (Å²) >= 11 is 0. The van der Waals surface area contributed by atoms with Crippen molar-refractivity contribution in [3.8, 4) is 0 Å². The van der Waals surface area contributed by atoms with Gasteiger partial charge in [0.1, 0.15) is 0 Å². The third-order valence-electron chi connectivity index (χ3n) is 2.51. The first-order chi connectivity index (χ1) is 6.89. The monoisotopic (exact) mass is 233 g/mol. The number of nitrogens with one attached hydrogen (secondary N) is 1. The summed E-state index contributed by atoms with van der Waals surface area (Å²) in [5, 5.41) is 2.80. The Morgan fingerprint density at radius 3 is 2.60 bits per heavy atom. The second kappa shape index (κ2) is 4.96. The summed E-state index contributed by atoms with van der Waals surface area (Å²) < 4.78 is 22.3. The molecule has 1 atom stereocenters. The number of carbonyl (C=O) groups is 1. The van der Waals surface area contributed by atoms with Crippen LogP contribution in [0, 0.1) is 11.8 Å². The van der Waals surface area contributed by atoms with Gasteiger partial charge in [0, 0.05) is 13.0 Å². The average molecular weight is 233 g/mol. The molecule has 0 radical (unpaired) electrons. The van der Waals surface area contributed by atoms with Crippen LogP contribution in [-0.4, -0.2) is 32.4 Å². The van der Waals surface area contributed by atoms with Gasteiger partial charge in [-0.2, -0.15) is 0 Å². The van der Waals surface area contributed by atoms with Crippen LogP contribution in [-0.2, 0) is 14.6 Å². The second-order valence-corrected chi connectivity index (χ2v) is 6.90. The molecule has 1 saturated heterocycles. The molecule has 0 aromatic carbocycles. The summed E-state index contributed by atoms with van der Waals surface area (Å²) in [5.41, 5.74) is 0. The lowest BCUT2D eigenvalue weighted by molar-refractivity contribution is -0.122. The molecule has 88 valence electrons. The zero-order valence-corrected chi connectivity index (χ0v) is 10.1. The second-order valence-electron chi connectivity index (χ2n) is 4.67. The average Bonchev–Trinajstić information content (AvgIpc) is 2.42. The van der Waals surface area contributed by atoms with Crippen molar-refractivity contribution in [2.75, 3.05) is 18.1 Å². The molecular weight excluding hydrogens is 214 g/mol. The predicted octanol–water partition coefficient (Wildman–Crippen LogP) is 0.583. The highest BCUT2D eigenvalue weighted by molar-refractivity contribution is 7.91. The Hall–Kier alpha value is -0.580. The summed E-state index contributed by atoms with van der Waals surface area (Å²) in [7, 11) is -2.85. The van der Waals surface area contributed by atoms with Gasteiger partial charge in [0.05, 0.1) is 11.5 Å². The van der Waals surface area contributed by atoms with Gasteiger partial charge in [-0.3, -0.25) is 4.79 Å². The molecule has 1 aliphatic heterocycles. The van der Waals surface area contributed by atoms with Crippen LogP contribution in [0.1, 0.15) is 26.7 Å². The molecule has 1 fully saturated rings. The fourth-order valence-electron chi connectivity index (χ4n) is 1.69. The summed E-state index contributed by atoms with van der Waals surface area (Å²) in [6, 6.07) is 0. The highest BCUT2D eigenvalue weighted by Crippen LogP contribution is 2.21. The van der Waals surface area contributed by atoms with Gasteiger partial charge in [-0.25, -0.2) is 8.42 Å². The van der Waals surface area contributed by atoms with Gasteiger partial charge in [0.25, 0.3) is 0 Å². The molecule has 1 heterocycles. The first-order valence-corrected chi connectivity index (χ1v) is 7.18. The number of sulfone groups is 1. The van der Waals surface area contributed by atoms with E-state index >= 15 is 0 Å². The van der Waals surface area contributed by atoms with Crippen molar-refractivity contribution in [2.24, 2.45) is 11.8 Å². The molecule has 1 rings (SSSR count). The Labute approximate surface area is 91.4 Å². The molecule has 0 aromatic heterocycles. The Morgan fingerprint density at radius 1 is 1.47 bits per heavy atom. The van der Waals surface area contributed by atoms with Crippen LogP contribution in [0.25, 0.3) is 0 Å². The lowest BCUT2D eigenvalue weighted by atomic mass is 10.0. The minimum Gasteiger partial charge on any atom is -0.356 e. The van der Waals surface area contributed by atoms with E-state index in [2.05, 4.69) is 5.32 Å². The maximum atomic E-state index is 11.4. The zero-order chi connectivity index (χ0) is 11.5. The van der Waals surface area contributed by atoms with Gasteiger partial charge in [-0.1, -0.05) is 13.8 Å². The van der Waals surface area contributed by atoms with Crippen LogP contribution in [0.3, 0.4) is 0 Å². The predicted molar refractivity (Wildman–Crippen MR) is 59.2 cm³/mol. The maximum absolute atomic E-state index is 11.4. The Kier molecular flexibility index (Phi) is 4.13. The number of amides is 1. The Bertz CT molecular complexity index is 322. The summed E-state index contributed by atoms with van der Waals surface area (Å²) in [6.45, 7) is 4.72. The number of hydrogen-bond acceptors (Lipinski definition) is 3. The normalized spacial score (nSPS) is 24.3. The molecule has 4 nitrogen and oxygen atoms in total. The lowest BCUT2D eigenvalue weighted by Crippen LogP contribution is -2.29. The van der Waals surface area contributed by atoms with Crippen molar-refractivity contribution in [1.82, 2.24) is 5.32 Å². The summed E-state index contributed by atoms with van der Waals surface area (Å²) in [4.78, 5) is 11.4. The van der Waals surface area contributed by atoms with Crippen LogP contribution in [0.2, 0.25) is 0 Å². The van der Waals surface area contributed by atoms with Crippen molar-refractivity contribution >= 4 is 15.7 Å².